The van der Waals surface area contributed by atoms with Crippen molar-refractivity contribution in [3.8, 4) is 11.1 Å². The van der Waals surface area contributed by atoms with Gasteiger partial charge >= 0.3 is 0 Å². The van der Waals surface area contributed by atoms with E-state index in [1.807, 2.05) is 6.07 Å². The molecule has 1 fully saturated rings. The number of hydrogen-bond donors (Lipinski definition) is 0. The number of aryl methyl sites for hydroxylation is 1. The van der Waals surface area contributed by atoms with Gasteiger partial charge in [0.25, 0.3) is 0 Å². The van der Waals surface area contributed by atoms with Crippen LogP contribution in [0.1, 0.15) is 82.3 Å². The molecule has 1 aliphatic carbocycles. The van der Waals surface area contributed by atoms with E-state index in [1.54, 1.807) is 6.07 Å². The molecule has 2 aromatic carbocycles. The van der Waals surface area contributed by atoms with Gasteiger partial charge in [-0.05, 0) is 86.1 Å². The van der Waals surface area contributed by atoms with E-state index in [-0.39, 0.29) is 5.82 Å². The predicted molar refractivity (Wildman–Crippen MR) is 125 cm³/mol. The third kappa shape index (κ3) is 6.54. The van der Waals surface area contributed by atoms with Crippen LogP contribution in [-0.4, -0.2) is 12.7 Å². The second-order valence-electron chi connectivity index (χ2n) is 8.59. The highest BCUT2D eigenvalue weighted by atomic mass is 19.1. The standard InChI is InChI=1S/C28H37FO/c1-3-5-7-9-22-10-12-23(13-11-22)25-16-19-27(28(29)21-25)24-14-17-26(18-15-24)30-20-8-6-4-2/h3,5,10-13,16,19,21,24,26H,4,6-9,14-15,17-18,20H2,1-2H3/b5-3+. The molecule has 0 amide bonds. The lowest BCUT2D eigenvalue weighted by atomic mass is 9.82. The Hall–Kier alpha value is -1.93. The van der Waals surface area contributed by atoms with Gasteiger partial charge in [0, 0.05) is 6.61 Å². The van der Waals surface area contributed by atoms with Crippen molar-refractivity contribution in [3.05, 3.63) is 71.6 Å². The smallest absolute Gasteiger partial charge is 0.127 e. The summed E-state index contributed by atoms with van der Waals surface area (Å²) >= 11 is 0. The van der Waals surface area contributed by atoms with Crippen molar-refractivity contribution in [1.82, 2.24) is 0 Å². The van der Waals surface area contributed by atoms with Gasteiger partial charge in [0.05, 0.1) is 6.10 Å². The first-order valence-electron chi connectivity index (χ1n) is 11.8. The molecular formula is C28H37FO. The summed E-state index contributed by atoms with van der Waals surface area (Å²) in [5.74, 6) is 0.264. The average Bonchev–Trinajstić information content (AvgIpc) is 2.78. The molecule has 1 aliphatic rings. The Morgan fingerprint density at radius 1 is 0.967 bits per heavy atom. The van der Waals surface area contributed by atoms with E-state index in [1.165, 1.54) is 18.4 Å². The molecule has 2 heteroatoms. The van der Waals surface area contributed by atoms with E-state index in [0.717, 1.165) is 68.2 Å². The molecule has 0 saturated heterocycles. The van der Waals surface area contributed by atoms with Gasteiger partial charge in [0.15, 0.2) is 0 Å². The minimum atomic E-state index is -0.0584. The van der Waals surface area contributed by atoms with Crippen molar-refractivity contribution in [1.29, 1.82) is 0 Å². The van der Waals surface area contributed by atoms with Crippen LogP contribution in [0, 0.1) is 5.82 Å². The van der Waals surface area contributed by atoms with E-state index in [9.17, 15) is 4.39 Å². The molecule has 0 radical (unpaired) electrons. The van der Waals surface area contributed by atoms with Crippen LogP contribution in [0.15, 0.2) is 54.6 Å². The zero-order chi connectivity index (χ0) is 21.2. The minimum absolute atomic E-state index is 0.0584. The lowest BCUT2D eigenvalue weighted by molar-refractivity contribution is 0.0225. The van der Waals surface area contributed by atoms with Crippen molar-refractivity contribution < 1.29 is 9.13 Å². The highest BCUT2D eigenvalue weighted by Gasteiger charge is 2.24. The molecule has 162 valence electrons. The van der Waals surface area contributed by atoms with Crippen LogP contribution in [0.5, 0.6) is 0 Å². The normalized spacial score (nSPS) is 19.4. The molecule has 1 nitrogen and oxygen atoms in total. The van der Waals surface area contributed by atoms with Gasteiger partial charge in [0.2, 0.25) is 0 Å². The van der Waals surface area contributed by atoms with Crippen LogP contribution in [-0.2, 0) is 11.2 Å². The SMILES string of the molecule is C/C=C/CCc1ccc(-c2ccc(C3CCC(OCCCCC)CC3)c(F)c2)cc1. The number of halogens is 1. The lowest BCUT2D eigenvalue weighted by Crippen LogP contribution is -2.21. The first-order valence-corrected chi connectivity index (χ1v) is 11.8. The summed E-state index contributed by atoms with van der Waals surface area (Å²) in [7, 11) is 0. The molecule has 0 bridgehead atoms. The molecule has 0 aromatic heterocycles. The largest absolute Gasteiger partial charge is 0.378 e. The second-order valence-corrected chi connectivity index (χ2v) is 8.59. The Morgan fingerprint density at radius 3 is 2.37 bits per heavy atom. The van der Waals surface area contributed by atoms with Crippen molar-refractivity contribution in [2.24, 2.45) is 0 Å². The Kier molecular flexibility index (Phi) is 9.14. The first kappa shape index (κ1) is 22.7. The van der Waals surface area contributed by atoms with Gasteiger partial charge < -0.3 is 4.74 Å². The van der Waals surface area contributed by atoms with Crippen molar-refractivity contribution in [3.63, 3.8) is 0 Å². The monoisotopic (exact) mass is 408 g/mol. The Morgan fingerprint density at radius 2 is 1.70 bits per heavy atom. The predicted octanol–water partition coefficient (Wildman–Crippen LogP) is 8.23. The molecule has 3 rings (SSSR count). The van der Waals surface area contributed by atoms with Crippen molar-refractivity contribution >= 4 is 0 Å². The van der Waals surface area contributed by atoms with Crippen molar-refractivity contribution in [2.75, 3.05) is 6.61 Å². The maximum atomic E-state index is 15.0. The van der Waals surface area contributed by atoms with Crippen LogP contribution < -0.4 is 0 Å². The van der Waals surface area contributed by atoms with Gasteiger partial charge in [-0.2, -0.15) is 0 Å². The van der Waals surface area contributed by atoms with E-state index >= 15 is 0 Å². The average molecular weight is 409 g/mol. The summed E-state index contributed by atoms with van der Waals surface area (Å²) in [6.45, 7) is 5.14. The maximum Gasteiger partial charge on any atom is 0.127 e. The Bertz CT molecular complexity index is 785. The van der Waals surface area contributed by atoms with Gasteiger partial charge in [-0.3, -0.25) is 0 Å². The topological polar surface area (TPSA) is 9.23 Å². The van der Waals surface area contributed by atoms with Gasteiger partial charge in [-0.15, -0.1) is 0 Å². The third-order valence-corrected chi connectivity index (χ3v) is 6.34. The van der Waals surface area contributed by atoms with E-state index in [2.05, 4.69) is 56.3 Å². The Balaban J connectivity index is 1.55. The summed E-state index contributed by atoms with van der Waals surface area (Å²) in [4.78, 5) is 0. The second kappa shape index (κ2) is 12.1. The van der Waals surface area contributed by atoms with Crippen LogP contribution in [0.2, 0.25) is 0 Å². The highest BCUT2D eigenvalue weighted by molar-refractivity contribution is 5.64. The van der Waals surface area contributed by atoms with Gasteiger partial charge in [-0.25, -0.2) is 4.39 Å². The number of rotatable bonds is 10. The van der Waals surface area contributed by atoms with Crippen LogP contribution >= 0.6 is 0 Å². The van der Waals surface area contributed by atoms with E-state index < -0.39 is 0 Å². The van der Waals surface area contributed by atoms with E-state index in [4.69, 9.17) is 4.74 Å². The fraction of sp³-hybridized carbons (Fsp3) is 0.500. The molecule has 0 unspecified atom stereocenters. The maximum absolute atomic E-state index is 15.0. The number of ether oxygens (including phenoxy) is 1. The molecule has 2 aromatic rings. The number of unbranched alkanes of at least 4 members (excludes halogenated alkanes) is 2. The van der Waals surface area contributed by atoms with Crippen LogP contribution in [0.25, 0.3) is 11.1 Å². The molecule has 30 heavy (non-hydrogen) atoms. The lowest BCUT2D eigenvalue weighted by Gasteiger charge is -2.29. The first-order chi connectivity index (χ1) is 14.7. The minimum Gasteiger partial charge on any atom is -0.378 e. The molecule has 1 saturated carbocycles. The summed E-state index contributed by atoms with van der Waals surface area (Å²) in [6, 6.07) is 14.4. The summed E-state index contributed by atoms with van der Waals surface area (Å²) < 4.78 is 21.0. The van der Waals surface area contributed by atoms with Crippen LogP contribution in [0.4, 0.5) is 4.39 Å². The van der Waals surface area contributed by atoms with Crippen molar-refractivity contribution in [2.45, 2.75) is 83.7 Å². The number of benzene rings is 2. The zero-order valence-electron chi connectivity index (χ0n) is 18.7. The van der Waals surface area contributed by atoms with E-state index in [0.29, 0.717) is 12.0 Å². The molecule has 0 spiro atoms. The van der Waals surface area contributed by atoms with Crippen LogP contribution in [0.3, 0.4) is 0 Å². The molecule has 0 N–H and O–H groups in total. The zero-order valence-corrected chi connectivity index (χ0v) is 18.7. The number of hydrogen-bond acceptors (Lipinski definition) is 1. The molecule has 0 heterocycles. The summed E-state index contributed by atoms with van der Waals surface area (Å²) in [5, 5.41) is 0. The van der Waals surface area contributed by atoms with Gasteiger partial charge in [-0.1, -0.05) is 68.3 Å². The quantitative estimate of drug-likeness (QED) is 0.284. The fourth-order valence-corrected chi connectivity index (χ4v) is 4.46. The molecular weight excluding hydrogens is 371 g/mol. The third-order valence-electron chi connectivity index (χ3n) is 6.34. The fourth-order valence-electron chi connectivity index (χ4n) is 4.46. The number of allylic oxidation sites excluding steroid dienone is 2. The summed E-state index contributed by atoms with van der Waals surface area (Å²) in [5.41, 5.74) is 4.25. The molecule has 0 aliphatic heterocycles. The Labute approximate surface area is 182 Å². The summed E-state index contributed by atoms with van der Waals surface area (Å²) in [6.07, 6.45) is 14.5. The highest BCUT2D eigenvalue weighted by Crippen LogP contribution is 2.36. The molecule has 0 atom stereocenters. The van der Waals surface area contributed by atoms with Gasteiger partial charge in [0.1, 0.15) is 5.82 Å².